The van der Waals surface area contributed by atoms with E-state index in [0.29, 0.717) is 12.3 Å². The standard InChI is InChI=1S/C4H5NO2S/c6-3-4(7)8-2-1-5-3/h1-2H2,(H,5,6). The van der Waals surface area contributed by atoms with Gasteiger partial charge in [0.2, 0.25) is 0 Å². The topological polar surface area (TPSA) is 46.2 Å². The predicted molar refractivity (Wildman–Crippen MR) is 30.5 cm³/mol. The molecule has 1 N–H and O–H groups in total. The summed E-state index contributed by atoms with van der Waals surface area (Å²) in [6.45, 7) is 0.620. The number of hydrogen-bond acceptors (Lipinski definition) is 3. The molecule has 44 valence electrons. The smallest absolute Gasteiger partial charge is 0.298 e. The van der Waals surface area contributed by atoms with Crippen LogP contribution in [0.5, 0.6) is 0 Å². The van der Waals surface area contributed by atoms with Gasteiger partial charge in [0.15, 0.2) is 0 Å². The summed E-state index contributed by atoms with van der Waals surface area (Å²) in [7, 11) is 0. The van der Waals surface area contributed by atoms with E-state index in [1.807, 2.05) is 0 Å². The first kappa shape index (κ1) is 5.62. The molecule has 1 amide bonds. The molecule has 1 rings (SSSR count). The molecule has 8 heavy (non-hydrogen) atoms. The second-order valence-electron chi connectivity index (χ2n) is 1.39. The van der Waals surface area contributed by atoms with Crippen molar-refractivity contribution in [3.05, 3.63) is 0 Å². The zero-order valence-electron chi connectivity index (χ0n) is 4.14. The summed E-state index contributed by atoms with van der Waals surface area (Å²) in [6, 6.07) is 0. The van der Waals surface area contributed by atoms with Gasteiger partial charge in [0, 0.05) is 12.3 Å². The molecule has 0 bridgehead atoms. The molecular weight excluding hydrogens is 126 g/mol. The minimum atomic E-state index is -0.457. The number of rotatable bonds is 0. The number of amides is 1. The van der Waals surface area contributed by atoms with E-state index in [-0.39, 0.29) is 5.12 Å². The van der Waals surface area contributed by atoms with Gasteiger partial charge in [-0.05, 0) is 0 Å². The monoisotopic (exact) mass is 131 g/mol. The highest BCUT2D eigenvalue weighted by atomic mass is 32.2. The van der Waals surface area contributed by atoms with Gasteiger partial charge in [0.1, 0.15) is 0 Å². The summed E-state index contributed by atoms with van der Waals surface area (Å²) in [4.78, 5) is 20.7. The molecule has 3 nitrogen and oxygen atoms in total. The molecule has 1 aliphatic heterocycles. The van der Waals surface area contributed by atoms with E-state index in [1.165, 1.54) is 0 Å². The van der Waals surface area contributed by atoms with Crippen molar-refractivity contribution in [1.29, 1.82) is 0 Å². The molecule has 0 aromatic heterocycles. The molecule has 4 heteroatoms. The molecule has 0 radical (unpaired) electrons. The Bertz CT molecular complexity index is 118. The second-order valence-corrected chi connectivity index (χ2v) is 2.46. The van der Waals surface area contributed by atoms with Crippen molar-refractivity contribution in [3.63, 3.8) is 0 Å². The number of hydrogen-bond donors (Lipinski definition) is 1. The van der Waals surface area contributed by atoms with E-state index in [0.717, 1.165) is 11.8 Å². The van der Waals surface area contributed by atoms with Crippen molar-refractivity contribution in [1.82, 2.24) is 5.32 Å². The van der Waals surface area contributed by atoms with Crippen LogP contribution in [-0.2, 0) is 9.59 Å². The van der Waals surface area contributed by atoms with E-state index in [4.69, 9.17) is 0 Å². The Labute approximate surface area is 50.8 Å². The van der Waals surface area contributed by atoms with Crippen molar-refractivity contribution in [2.45, 2.75) is 0 Å². The van der Waals surface area contributed by atoms with Gasteiger partial charge in [-0.3, -0.25) is 9.59 Å². The lowest BCUT2D eigenvalue weighted by atomic mass is 10.6. The summed E-state index contributed by atoms with van der Waals surface area (Å²) in [5, 5.41) is 2.06. The van der Waals surface area contributed by atoms with Crippen molar-refractivity contribution < 1.29 is 9.59 Å². The largest absolute Gasteiger partial charge is 0.348 e. The van der Waals surface area contributed by atoms with Crippen molar-refractivity contribution in [2.75, 3.05) is 12.3 Å². The van der Waals surface area contributed by atoms with Crippen LogP contribution in [0.1, 0.15) is 0 Å². The fraction of sp³-hybridized carbons (Fsp3) is 0.500. The molecule has 0 aromatic rings. The molecule has 1 heterocycles. The number of nitrogens with one attached hydrogen (secondary N) is 1. The molecule has 0 aliphatic carbocycles. The number of carbonyl (C=O) groups excluding carboxylic acids is 2. The van der Waals surface area contributed by atoms with Gasteiger partial charge in [-0.15, -0.1) is 0 Å². The molecule has 0 saturated carbocycles. The lowest BCUT2D eigenvalue weighted by molar-refractivity contribution is -0.133. The normalized spacial score (nSPS) is 20.5. The Morgan fingerprint density at radius 1 is 1.50 bits per heavy atom. The van der Waals surface area contributed by atoms with Gasteiger partial charge < -0.3 is 5.32 Å². The lowest BCUT2D eigenvalue weighted by Crippen LogP contribution is -2.35. The molecule has 0 atom stereocenters. The van der Waals surface area contributed by atoms with Crippen LogP contribution in [0.4, 0.5) is 0 Å². The zero-order chi connectivity index (χ0) is 5.98. The predicted octanol–water partition coefficient (Wildman–Crippen LogP) is -0.624. The minimum absolute atomic E-state index is 0.365. The fourth-order valence-electron chi connectivity index (χ4n) is 0.446. The van der Waals surface area contributed by atoms with Gasteiger partial charge in [0.25, 0.3) is 11.0 Å². The van der Waals surface area contributed by atoms with Crippen molar-refractivity contribution >= 4 is 22.8 Å². The first-order chi connectivity index (χ1) is 3.80. The average molecular weight is 131 g/mol. The highest BCUT2D eigenvalue weighted by molar-refractivity contribution is 8.15. The summed E-state index contributed by atoms with van der Waals surface area (Å²) >= 11 is 1.08. The molecule has 1 saturated heterocycles. The van der Waals surface area contributed by atoms with E-state index < -0.39 is 5.91 Å². The Morgan fingerprint density at radius 2 is 2.25 bits per heavy atom. The van der Waals surface area contributed by atoms with Gasteiger partial charge >= 0.3 is 0 Å². The molecular formula is C4H5NO2S. The summed E-state index contributed by atoms with van der Waals surface area (Å²) in [6.07, 6.45) is 0. The van der Waals surface area contributed by atoms with Crippen molar-refractivity contribution in [2.24, 2.45) is 0 Å². The molecule has 0 aromatic carbocycles. The Hall–Kier alpha value is -0.510. The van der Waals surface area contributed by atoms with Crippen LogP contribution in [0.15, 0.2) is 0 Å². The second kappa shape index (κ2) is 2.17. The van der Waals surface area contributed by atoms with Crippen LogP contribution in [0.25, 0.3) is 0 Å². The van der Waals surface area contributed by atoms with Crippen LogP contribution in [-0.4, -0.2) is 23.3 Å². The van der Waals surface area contributed by atoms with E-state index in [9.17, 15) is 9.59 Å². The van der Waals surface area contributed by atoms with E-state index >= 15 is 0 Å². The van der Waals surface area contributed by atoms with Gasteiger partial charge in [0.05, 0.1) is 0 Å². The van der Waals surface area contributed by atoms with E-state index in [1.54, 1.807) is 0 Å². The Morgan fingerprint density at radius 3 is 2.62 bits per heavy atom. The average Bonchev–Trinajstić information content (AvgIpc) is 1.77. The molecule has 0 spiro atoms. The van der Waals surface area contributed by atoms with Crippen molar-refractivity contribution in [3.8, 4) is 0 Å². The van der Waals surface area contributed by atoms with Crippen LogP contribution < -0.4 is 5.32 Å². The summed E-state index contributed by atoms with van der Waals surface area (Å²) in [5.41, 5.74) is 0. The minimum Gasteiger partial charge on any atom is -0.348 e. The molecule has 1 aliphatic rings. The maximum absolute atomic E-state index is 10.3. The molecule has 1 fully saturated rings. The van der Waals surface area contributed by atoms with Gasteiger partial charge in [-0.25, -0.2) is 0 Å². The fourth-order valence-corrected chi connectivity index (χ4v) is 1.04. The van der Waals surface area contributed by atoms with Gasteiger partial charge in [-0.2, -0.15) is 0 Å². The Balaban J connectivity index is 2.52. The Kier molecular flexibility index (Phi) is 1.53. The summed E-state index contributed by atoms with van der Waals surface area (Å²) in [5.74, 6) is 0.256. The third-order valence-electron chi connectivity index (χ3n) is 0.806. The maximum atomic E-state index is 10.3. The SMILES string of the molecule is O=C1NCCSC1=O. The zero-order valence-corrected chi connectivity index (χ0v) is 4.96. The maximum Gasteiger partial charge on any atom is 0.298 e. The van der Waals surface area contributed by atoms with Crippen LogP contribution in [0, 0.1) is 0 Å². The van der Waals surface area contributed by atoms with Crippen LogP contribution in [0.2, 0.25) is 0 Å². The highest BCUT2D eigenvalue weighted by Crippen LogP contribution is 2.03. The summed E-state index contributed by atoms with van der Waals surface area (Å²) < 4.78 is 0. The quantitative estimate of drug-likeness (QED) is 0.445. The van der Waals surface area contributed by atoms with E-state index in [2.05, 4.69) is 5.32 Å². The van der Waals surface area contributed by atoms with Crippen LogP contribution >= 0.6 is 11.8 Å². The van der Waals surface area contributed by atoms with Gasteiger partial charge in [-0.1, -0.05) is 11.8 Å². The van der Waals surface area contributed by atoms with Crippen LogP contribution in [0.3, 0.4) is 0 Å². The first-order valence-electron chi connectivity index (χ1n) is 2.25. The lowest BCUT2D eigenvalue weighted by Gasteiger charge is -2.07. The molecule has 0 unspecified atom stereocenters. The highest BCUT2D eigenvalue weighted by Gasteiger charge is 2.17. The third-order valence-corrected chi connectivity index (χ3v) is 1.66. The number of thioether (sulfide) groups is 1. The third kappa shape index (κ3) is 1.01. The first-order valence-corrected chi connectivity index (χ1v) is 3.24. The number of carbonyl (C=O) groups is 2.